The van der Waals surface area contributed by atoms with Gasteiger partial charge in [0.2, 0.25) is 5.78 Å². The number of hydrogen-bond acceptors (Lipinski definition) is 1. The molecule has 0 aromatic heterocycles. The Bertz CT molecular complexity index is 996. The summed E-state index contributed by atoms with van der Waals surface area (Å²) in [7, 11) is 0. The zero-order valence-corrected chi connectivity index (χ0v) is 14.4. The van der Waals surface area contributed by atoms with Gasteiger partial charge in [-0.3, -0.25) is 4.79 Å². The molecule has 0 radical (unpaired) electrons. The Morgan fingerprint density at radius 3 is 1.78 bits per heavy atom. The molecule has 3 aromatic rings. The number of ketones is 1. The highest BCUT2D eigenvalue weighted by molar-refractivity contribution is 6.04. The lowest BCUT2D eigenvalue weighted by Gasteiger charge is -2.12. The average Bonchev–Trinajstić information content (AvgIpc) is 2.72. The predicted octanol–water partition coefficient (Wildman–Crippen LogP) is 5.64. The minimum Gasteiger partial charge on any atom is -0.287 e. The molecular weight excluding hydrogens is 342 g/mol. The van der Waals surface area contributed by atoms with E-state index in [-0.39, 0.29) is 11.1 Å². The van der Waals surface area contributed by atoms with Crippen LogP contribution in [-0.2, 0) is 0 Å². The lowest BCUT2D eigenvalue weighted by molar-refractivity contribution is 0.0384. The second-order valence-corrected chi connectivity index (χ2v) is 5.86. The van der Waals surface area contributed by atoms with E-state index in [0.29, 0.717) is 17.2 Å². The predicted molar refractivity (Wildman–Crippen MR) is 103 cm³/mol. The summed E-state index contributed by atoms with van der Waals surface area (Å²) in [6.45, 7) is 0. The number of carbonyl (C=O) groups is 1. The Morgan fingerprint density at radius 2 is 1.22 bits per heavy atom. The fraction of sp³-hybridized carbons (Fsp3) is 0.0417. The highest BCUT2D eigenvalue weighted by Crippen LogP contribution is 2.26. The van der Waals surface area contributed by atoms with E-state index in [2.05, 4.69) is 11.8 Å². The molecule has 0 amide bonds. The van der Waals surface area contributed by atoms with Crippen LogP contribution in [0.1, 0.15) is 21.5 Å². The summed E-state index contributed by atoms with van der Waals surface area (Å²) >= 11 is 0. The van der Waals surface area contributed by atoms with Crippen molar-refractivity contribution >= 4 is 11.4 Å². The van der Waals surface area contributed by atoms with Gasteiger partial charge in [-0.2, -0.15) is 8.78 Å². The molecule has 27 heavy (non-hydrogen) atoms. The highest BCUT2D eigenvalue weighted by Gasteiger charge is 2.37. The minimum atomic E-state index is -3.67. The van der Waals surface area contributed by atoms with E-state index >= 15 is 0 Å². The van der Waals surface area contributed by atoms with Gasteiger partial charge < -0.3 is 0 Å². The van der Waals surface area contributed by atoms with Gasteiger partial charge in [-0.25, -0.2) is 0 Å². The normalized spacial score (nSPS) is 11.4. The summed E-state index contributed by atoms with van der Waals surface area (Å²) in [5, 5.41) is 0. The van der Waals surface area contributed by atoms with E-state index in [1.165, 1.54) is 12.1 Å². The van der Waals surface area contributed by atoms with Crippen molar-refractivity contribution in [3.8, 4) is 11.8 Å². The molecule has 0 bridgehead atoms. The molecule has 3 aromatic carbocycles. The summed E-state index contributed by atoms with van der Waals surface area (Å²) < 4.78 is 29.3. The maximum atomic E-state index is 14.7. The van der Waals surface area contributed by atoms with Crippen molar-refractivity contribution < 1.29 is 13.6 Å². The molecule has 0 atom stereocenters. The van der Waals surface area contributed by atoms with Crippen LogP contribution in [-0.4, -0.2) is 11.7 Å². The van der Waals surface area contributed by atoms with Crippen LogP contribution in [0.5, 0.6) is 0 Å². The highest BCUT2D eigenvalue weighted by atomic mass is 19.3. The van der Waals surface area contributed by atoms with Gasteiger partial charge in [0.05, 0.1) is 0 Å². The first kappa shape index (κ1) is 18.3. The molecule has 1 nitrogen and oxygen atoms in total. The van der Waals surface area contributed by atoms with Gasteiger partial charge in [0.15, 0.2) is 0 Å². The lowest BCUT2D eigenvalue weighted by atomic mass is 9.99. The first-order valence-corrected chi connectivity index (χ1v) is 8.39. The number of halogens is 2. The van der Waals surface area contributed by atoms with Crippen LogP contribution in [0.15, 0.2) is 97.1 Å². The quantitative estimate of drug-likeness (QED) is 0.436. The maximum Gasteiger partial charge on any atom is 0.329 e. The minimum absolute atomic E-state index is 0.0396. The fourth-order valence-corrected chi connectivity index (χ4v) is 2.50. The molecular formula is C24H16F2O. The van der Waals surface area contributed by atoms with Gasteiger partial charge in [-0.05, 0) is 17.7 Å². The van der Waals surface area contributed by atoms with Crippen molar-refractivity contribution in [2.75, 3.05) is 0 Å². The van der Waals surface area contributed by atoms with Gasteiger partial charge in [-0.1, -0.05) is 90.7 Å². The van der Waals surface area contributed by atoms with E-state index < -0.39 is 11.7 Å². The summed E-state index contributed by atoms with van der Waals surface area (Å²) in [6.07, 6.45) is 0.646. The van der Waals surface area contributed by atoms with Crippen LogP contribution in [0.4, 0.5) is 8.78 Å². The number of alkyl halides is 2. The largest absolute Gasteiger partial charge is 0.329 e. The Morgan fingerprint density at radius 1 is 0.741 bits per heavy atom. The molecule has 0 fully saturated rings. The summed E-state index contributed by atoms with van der Waals surface area (Å²) in [4.78, 5) is 12.3. The van der Waals surface area contributed by atoms with Crippen molar-refractivity contribution in [1.29, 1.82) is 0 Å². The third kappa shape index (κ3) is 4.77. The molecule has 0 spiro atoms. The molecule has 132 valence electrons. The smallest absolute Gasteiger partial charge is 0.287 e. The van der Waals surface area contributed by atoms with Gasteiger partial charge in [0.25, 0.3) is 0 Å². The van der Waals surface area contributed by atoms with Crippen molar-refractivity contribution in [1.82, 2.24) is 0 Å². The average molecular weight is 358 g/mol. The topological polar surface area (TPSA) is 17.1 Å². The zero-order valence-electron chi connectivity index (χ0n) is 14.4. The number of carbonyl (C=O) groups excluding carboxylic acids is 1. The van der Waals surface area contributed by atoms with Crippen molar-refractivity contribution in [3.05, 3.63) is 114 Å². The number of Topliss-reactive ketones (excluding diaryl/α,β-unsaturated/α-hetero) is 1. The van der Waals surface area contributed by atoms with E-state index in [4.69, 9.17) is 0 Å². The molecule has 0 aliphatic carbocycles. The third-order valence-electron chi connectivity index (χ3n) is 3.86. The Kier molecular flexibility index (Phi) is 5.58. The van der Waals surface area contributed by atoms with Crippen molar-refractivity contribution in [2.45, 2.75) is 5.92 Å². The van der Waals surface area contributed by atoms with Crippen LogP contribution in [0.2, 0.25) is 0 Å². The van der Waals surface area contributed by atoms with E-state index in [1.807, 2.05) is 18.2 Å². The van der Waals surface area contributed by atoms with E-state index in [0.717, 1.165) is 0 Å². The van der Waals surface area contributed by atoms with Gasteiger partial charge in [0, 0.05) is 22.8 Å². The van der Waals surface area contributed by atoms with Crippen LogP contribution in [0, 0.1) is 11.8 Å². The van der Waals surface area contributed by atoms with E-state index in [9.17, 15) is 13.6 Å². The molecule has 0 unspecified atom stereocenters. The second kappa shape index (κ2) is 8.25. The first-order valence-electron chi connectivity index (χ1n) is 8.39. The van der Waals surface area contributed by atoms with Crippen LogP contribution < -0.4 is 0 Å². The number of rotatable bonds is 4. The molecule has 0 aliphatic rings. The van der Waals surface area contributed by atoms with Crippen molar-refractivity contribution in [3.63, 3.8) is 0 Å². The van der Waals surface area contributed by atoms with Crippen LogP contribution in [0.25, 0.3) is 5.57 Å². The van der Waals surface area contributed by atoms with Gasteiger partial charge >= 0.3 is 5.92 Å². The standard InChI is InChI=1S/C24H16F2O/c25-24(26,23(27)21-14-8-3-9-15-21)18-22(20-12-6-2-7-13-20)17-16-19-10-4-1-5-11-19/h1-15,18H/b22-18-. The monoisotopic (exact) mass is 358 g/mol. The lowest BCUT2D eigenvalue weighted by Crippen LogP contribution is -2.26. The summed E-state index contributed by atoms with van der Waals surface area (Å²) in [5.74, 6) is 0.755. The zero-order chi connectivity index (χ0) is 19.1. The van der Waals surface area contributed by atoms with Crippen molar-refractivity contribution in [2.24, 2.45) is 0 Å². The van der Waals surface area contributed by atoms with E-state index in [1.54, 1.807) is 60.7 Å². The first-order chi connectivity index (χ1) is 13.1. The van der Waals surface area contributed by atoms with Gasteiger partial charge in [0.1, 0.15) is 0 Å². The van der Waals surface area contributed by atoms with Crippen LogP contribution in [0.3, 0.4) is 0 Å². The Hall–Kier alpha value is -3.51. The SMILES string of the molecule is O=C(c1ccccc1)C(F)(F)/C=C(/C#Cc1ccccc1)c1ccccc1. The number of benzene rings is 3. The Balaban J connectivity index is 2.02. The molecule has 0 N–H and O–H groups in total. The van der Waals surface area contributed by atoms with Crippen LogP contribution >= 0.6 is 0 Å². The molecule has 0 saturated carbocycles. The second-order valence-electron chi connectivity index (χ2n) is 5.86. The number of allylic oxidation sites excluding steroid dienone is 2. The van der Waals surface area contributed by atoms with Gasteiger partial charge in [-0.15, -0.1) is 0 Å². The Labute approximate surface area is 157 Å². The maximum absolute atomic E-state index is 14.7. The third-order valence-corrected chi connectivity index (χ3v) is 3.86. The summed E-state index contributed by atoms with van der Waals surface area (Å²) in [6, 6.07) is 25.3. The molecule has 3 rings (SSSR count). The number of hydrogen-bond donors (Lipinski definition) is 0. The molecule has 0 aliphatic heterocycles. The molecule has 3 heteroatoms. The summed E-state index contributed by atoms with van der Waals surface area (Å²) in [5.41, 5.74) is 1.30. The fourth-order valence-electron chi connectivity index (χ4n) is 2.50. The molecule has 0 saturated heterocycles. The molecule has 0 heterocycles.